The summed E-state index contributed by atoms with van der Waals surface area (Å²) in [5.74, 6) is 2.60. The molecule has 1 aliphatic heterocycles. The molecule has 1 atom stereocenters. The van der Waals surface area contributed by atoms with Crippen LogP contribution in [0.2, 0.25) is 5.02 Å². The fraction of sp³-hybridized carbons (Fsp3) is 0.263. The molecule has 3 heterocycles. The summed E-state index contributed by atoms with van der Waals surface area (Å²) in [5.41, 5.74) is 3.27. The molecule has 2 aromatic heterocycles. The Morgan fingerprint density at radius 1 is 1.27 bits per heavy atom. The van der Waals surface area contributed by atoms with Crippen LogP contribution in [0.1, 0.15) is 29.3 Å². The number of nitrogens with one attached hydrogen (secondary N) is 1. The molecule has 3 aromatic rings. The van der Waals surface area contributed by atoms with Gasteiger partial charge in [0.2, 0.25) is 5.91 Å². The van der Waals surface area contributed by atoms with E-state index < -0.39 is 0 Å². The lowest BCUT2D eigenvalue weighted by Gasteiger charge is -2.19. The Morgan fingerprint density at radius 3 is 2.73 bits per heavy atom. The third-order valence-corrected chi connectivity index (χ3v) is 5.81. The van der Waals surface area contributed by atoms with Crippen LogP contribution in [0.5, 0.6) is 0 Å². The highest BCUT2D eigenvalue weighted by atomic mass is 35.5. The second kappa shape index (κ2) is 7.21. The van der Waals surface area contributed by atoms with Crippen molar-refractivity contribution in [3.63, 3.8) is 0 Å². The van der Waals surface area contributed by atoms with Gasteiger partial charge in [0.25, 0.3) is 0 Å². The number of hydrogen-bond acceptors (Lipinski definition) is 3. The molecule has 1 N–H and O–H groups in total. The molecule has 0 saturated heterocycles. The zero-order chi connectivity index (χ0) is 18.1. The summed E-state index contributed by atoms with van der Waals surface area (Å²) in [6.07, 6.45) is 4.29. The van der Waals surface area contributed by atoms with Gasteiger partial charge in [-0.05, 0) is 29.8 Å². The Hall–Kier alpha value is -2.18. The van der Waals surface area contributed by atoms with E-state index in [1.165, 1.54) is 0 Å². The monoisotopic (exact) mass is 386 g/mol. The number of halogens is 1. The summed E-state index contributed by atoms with van der Waals surface area (Å²) in [4.78, 5) is 12.8. The normalized spacial score (nSPS) is 14.2. The number of rotatable bonds is 5. The van der Waals surface area contributed by atoms with Crippen LogP contribution in [0.25, 0.3) is 0 Å². The smallest absolute Gasteiger partial charge is 0.227 e. The molecule has 0 spiro atoms. The van der Waals surface area contributed by atoms with Gasteiger partial charge in [0.15, 0.2) is 0 Å². The molecular weight excluding hydrogens is 368 g/mol. The summed E-state index contributed by atoms with van der Waals surface area (Å²) in [6, 6.07) is 11.5. The van der Waals surface area contributed by atoms with Crippen LogP contribution in [0.15, 0.2) is 48.8 Å². The molecule has 0 fully saturated rings. The molecule has 0 bridgehead atoms. The zero-order valence-electron chi connectivity index (χ0n) is 14.4. The first-order valence-corrected chi connectivity index (χ1v) is 9.95. The van der Waals surface area contributed by atoms with Gasteiger partial charge >= 0.3 is 0 Å². The van der Waals surface area contributed by atoms with E-state index in [-0.39, 0.29) is 11.9 Å². The minimum atomic E-state index is -0.0853. The molecule has 4 rings (SSSR count). The third kappa shape index (κ3) is 3.39. The van der Waals surface area contributed by atoms with Crippen molar-refractivity contribution in [3.8, 4) is 0 Å². The van der Waals surface area contributed by atoms with Crippen molar-refractivity contribution in [1.82, 2.24) is 14.3 Å². The first-order valence-electron chi connectivity index (χ1n) is 8.42. The first kappa shape index (κ1) is 17.2. The van der Waals surface area contributed by atoms with Gasteiger partial charge in [0.1, 0.15) is 5.82 Å². The molecule has 0 aliphatic carbocycles. The largest absolute Gasteiger partial charge is 0.346 e. The summed E-state index contributed by atoms with van der Waals surface area (Å²) in [6.45, 7) is 0. The van der Waals surface area contributed by atoms with Gasteiger partial charge in [-0.25, -0.2) is 0 Å². The molecule has 26 heavy (non-hydrogen) atoms. The third-order valence-electron chi connectivity index (χ3n) is 4.59. The van der Waals surface area contributed by atoms with Gasteiger partial charge in [-0.1, -0.05) is 23.7 Å². The number of amides is 1. The van der Waals surface area contributed by atoms with Gasteiger partial charge in [0.05, 0.1) is 18.2 Å². The lowest BCUT2D eigenvalue weighted by molar-refractivity contribution is -0.116. The number of anilines is 1. The van der Waals surface area contributed by atoms with E-state index in [2.05, 4.69) is 10.4 Å². The van der Waals surface area contributed by atoms with Crippen LogP contribution in [-0.4, -0.2) is 20.3 Å². The molecule has 1 amide bonds. The molecule has 0 saturated carbocycles. The molecular formula is C19H19ClN4OS. The van der Waals surface area contributed by atoms with E-state index in [0.29, 0.717) is 11.4 Å². The molecule has 1 aromatic carbocycles. The highest BCUT2D eigenvalue weighted by molar-refractivity contribution is 7.98. The number of aryl methyl sites for hydroxylation is 1. The van der Waals surface area contributed by atoms with E-state index in [9.17, 15) is 4.79 Å². The predicted molar refractivity (Wildman–Crippen MR) is 105 cm³/mol. The second-order valence-corrected chi connectivity index (χ2v) is 7.76. The average Bonchev–Trinajstić information content (AvgIpc) is 3.34. The Kier molecular flexibility index (Phi) is 4.78. The number of hydrogen-bond donors (Lipinski definition) is 1. The molecule has 1 aliphatic rings. The van der Waals surface area contributed by atoms with Gasteiger partial charge in [-0.3, -0.25) is 9.48 Å². The first-order chi connectivity index (χ1) is 12.6. The van der Waals surface area contributed by atoms with Crippen LogP contribution < -0.4 is 5.32 Å². The lowest BCUT2D eigenvalue weighted by atomic mass is 10.0. The maximum atomic E-state index is 12.8. The van der Waals surface area contributed by atoms with E-state index in [1.54, 1.807) is 4.68 Å². The molecule has 5 nitrogen and oxygen atoms in total. The molecule has 7 heteroatoms. The molecule has 0 radical (unpaired) electrons. The van der Waals surface area contributed by atoms with Crippen molar-refractivity contribution in [2.45, 2.75) is 24.0 Å². The van der Waals surface area contributed by atoms with E-state index in [1.807, 2.05) is 72.2 Å². The number of aromatic nitrogens is 3. The lowest BCUT2D eigenvalue weighted by Crippen LogP contribution is -2.21. The molecule has 134 valence electrons. The Balaban J connectivity index is 1.56. The summed E-state index contributed by atoms with van der Waals surface area (Å²) in [5, 5.41) is 8.26. The van der Waals surface area contributed by atoms with Crippen molar-refractivity contribution in [2.75, 3.05) is 5.32 Å². The second-order valence-electron chi connectivity index (χ2n) is 6.34. The number of carbonyl (C=O) groups is 1. The maximum Gasteiger partial charge on any atom is 0.227 e. The number of benzene rings is 1. The van der Waals surface area contributed by atoms with Gasteiger partial charge in [-0.2, -0.15) is 16.9 Å². The Labute approximate surface area is 161 Å². The standard InChI is InChI=1S/C19H19ClN4OS/c1-23-19(15-11-26-12-16(15)22-23)21-18(25)10-17(24-8-2-3-9-24)13-4-6-14(20)7-5-13/h2-9,17H,10-12H2,1H3,(H,21,25)/t17-/m0/s1. The fourth-order valence-electron chi connectivity index (χ4n) is 3.29. The van der Waals surface area contributed by atoms with Crippen LogP contribution in [0.4, 0.5) is 5.82 Å². The zero-order valence-corrected chi connectivity index (χ0v) is 15.9. The van der Waals surface area contributed by atoms with E-state index in [0.717, 1.165) is 34.1 Å². The van der Waals surface area contributed by atoms with E-state index >= 15 is 0 Å². The number of carbonyl (C=O) groups excluding carboxylic acids is 1. The highest BCUT2D eigenvalue weighted by Crippen LogP contribution is 2.34. The van der Waals surface area contributed by atoms with Gasteiger partial charge in [0, 0.05) is 41.5 Å². The van der Waals surface area contributed by atoms with Crippen LogP contribution in [0, 0.1) is 0 Å². The average molecular weight is 387 g/mol. The SMILES string of the molecule is Cn1nc2c(c1NC(=O)C[C@@H](c1ccc(Cl)cc1)n1cccc1)CSC2. The fourth-order valence-corrected chi connectivity index (χ4v) is 4.45. The van der Waals surface area contributed by atoms with E-state index in [4.69, 9.17) is 11.6 Å². The minimum absolute atomic E-state index is 0.0265. The Morgan fingerprint density at radius 2 is 2.00 bits per heavy atom. The summed E-state index contributed by atoms with van der Waals surface area (Å²) in [7, 11) is 1.88. The quantitative estimate of drug-likeness (QED) is 0.713. The van der Waals surface area contributed by atoms with Crippen molar-refractivity contribution < 1.29 is 4.79 Å². The van der Waals surface area contributed by atoms with Crippen LogP contribution >= 0.6 is 23.4 Å². The summed E-state index contributed by atoms with van der Waals surface area (Å²) >= 11 is 7.84. The van der Waals surface area contributed by atoms with Crippen molar-refractivity contribution >= 4 is 35.1 Å². The predicted octanol–water partition coefficient (Wildman–Crippen LogP) is 4.24. The van der Waals surface area contributed by atoms with Crippen molar-refractivity contribution in [3.05, 3.63) is 70.6 Å². The number of fused-ring (bicyclic) bond motifs is 1. The Bertz CT molecular complexity index is 918. The number of nitrogens with zero attached hydrogens (tertiary/aromatic N) is 3. The van der Waals surface area contributed by atoms with Crippen molar-refractivity contribution in [2.24, 2.45) is 7.05 Å². The van der Waals surface area contributed by atoms with Gasteiger partial charge in [-0.15, -0.1) is 0 Å². The molecule has 0 unspecified atom stereocenters. The maximum absolute atomic E-state index is 12.8. The summed E-state index contributed by atoms with van der Waals surface area (Å²) < 4.78 is 3.82. The topological polar surface area (TPSA) is 51.9 Å². The van der Waals surface area contributed by atoms with Gasteiger partial charge < -0.3 is 9.88 Å². The highest BCUT2D eigenvalue weighted by Gasteiger charge is 2.24. The number of thioether (sulfide) groups is 1. The minimum Gasteiger partial charge on any atom is -0.346 e. The van der Waals surface area contributed by atoms with Crippen LogP contribution in [0.3, 0.4) is 0 Å². The van der Waals surface area contributed by atoms with Crippen LogP contribution in [-0.2, 0) is 23.3 Å². The van der Waals surface area contributed by atoms with Crippen molar-refractivity contribution in [1.29, 1.82) is 0 Å².